The van der Waals surface area contributed by atoms with Gasteiger partial charge in [0.2, 0.25) is 11.8 Å². The van der Waals surface area contributed by atoms with Crippen molar-refractivity contribution < 1.29 is 14.4 Å². The van der Waals surface area contributed by atoms with Crippen LogP contribution in [0.15, 0.2) is 79.0 Å². The fourth-order valence-corrected chi connectivity index (χ4v) is 5.53. The minimum Gasteiger partial charge on any atom is -0.368 e. The molecule has 1 saturated carbocycles. The molecule has 3 atom stereocenters. The number of carbonyl (C=O) groups excluding carboxylic acids is 3. The summed E-state index contributed by atoms with van der Waals surface area (Å²) in [5.74, 6) is -0.328. The number of urea groups is 1. The number of primary amides is 1. The number of hydrogen-bond acceptors (Lipinski definition) is 4. The first kappa shape index (κ1) is 28.8. The lowest BCUT2D eigenvalue weighted by Gasteiger charge is -2.32. The van der Waals surface area contributed by atoms with E-state index < -0.39 is 11.9 Å². The number of aromatic nitrogens is 1. The molecule has 4 rings (SSSR count). The predicted octanol–water partition coefficient (Wildman–Crippen LogP) is 5.17. The van der Waals surface area contributed by atoms with Gasteiger partial charge >= 0.3 is 6.03 Å². The Morgan fingerprint density at radius 3 is 2.23 bits per heavy atom. The van der Waals surface area contributed by atoms with E-state index in [9.17, 15) is 14.4 Å². The Hall–Kier alpha value is -4.20. The van der Waals surface area contributed by atoms with Crippen LogP contribution < -0.4 is 16.0 Å². The quantitative estimate of drug-likeness (QED) is 0.369. The Morgan fingerprint density at radius 2 is 1.60 bits per heavy atom. The highest BCUT2D eigenvalue weighted by atomic mass is 16.2. The molecular weight excluding hydrogens is 502 g/mol. The lowest BCUT2D eigenvalue weighted by Crippen LogP contribution is -2.43. The summed E-state index contributed by atoms with van der Waals surface area (Å²) >= 11 is 0. The van der Waals surface area contributed by atoms with Gasteiger partial charge in [0.25, 0.3) is 0 Å². The number of benzene rings is 2. The Labute approximate surface area is 236 Å². The summed E-state index contributed by atoms with van der Waals surface area (Å²) in [5, 5.41) is 2.92. The van der Waals surface area contributed by atoms with Crippen molar-refractivity contribution in [2.45, 2.75) is 58.0 Å². The summed E-state index contributed by atoms with van der Waals surface area (Å²) in [6.07, 6.45) is 5.34. The van der Waals surface area contributed by atoms with E-state index in [4.69, 9.17) is 5.73 Å². The smallest absolute Gasteiger partial charge is 0.325 e. The van der Waals surface area contributed by atoms with Crippen molar-refractivity contribution in [3.05, 3.63) is 95.7 Å². The van der Waals surface area contributed by atoms with Gasteiger partial charge in [0.1, 0.15) is 11.9 Å². The molecule has 8 heteroatoms. The van der Waals surface area contributed by atoms with Crippen LogP contribution in [0.25, 0.3) is 0 Å². The predicted molar refractivity (Wildman–Crippen MR) is 156 cm³/mol. The zero-order valence-electron chi connectivity index (χ0n) is 23.3. The van der Waals surface area contributed by atoms with Crippen molar-refractivity contribution >= 4 is 23.7 Å². The van der Waals surface area contributed by atoms with Gasteiger partial charge in [0, 0.05) is 25.2 Å². The fraction of sp³-hybridized carbons (Fsp3) is 0.375. The summed E-state index contributed by atoms with van der Waals surface area (Å²) in [4.78, 5) is 46.9. The summed E-state index contributed by atoms with van der Waals surface area (Å²) < 4.78 is 0. The number of nitrogens with zero attached hydrogens (tertiary/aromatic N) is 3. The van der Waals surface area contributed by atoms with Crippen LogP contribution in [-0.2, 0) is 16.1 Å². The summed E-state index contributed by atoms with van der Waals surface area (Å²) in [5.41, 5.74) is 8.40. The first-order valence-electron chi connectivity index (χ1n) is 14.1. The van der Waals surface area contributed by atoms with Crippen LogP contribution in [0, 0.1) is 5.92 Å². The number of rotatable bonds is 10. The van der Waals surface area contributed by atoms with Crippen LogP contribution in [0.1, 0.15) is 68.2 Å². The molecule has 1 aliphatic rings. The van der Waals surface area contributed by atoms with E-state index in [1.165, 1.54) is 0 Å². The molecular formula is C32H39N5O3. The van der Waals surface area contributed by atoms with E-state index >= 15 is 0 Å². The van der Waals surface area contributed by atoms with Crippen LogP contribution in [0.3, 0.4) is 0 Å². The third-order valence-corrected chi connectivity index (χ3v) is 7.75. The van der Waals surface area contributed by atoms with Crippen molar-refractivity contribution in [2.24, 2.45) is 11.7 Å². The van der Waals surface area contributed by atoms with E-state index in [1.807, 2.05) is 62.4 Å². The number of anilines is 1. The zero-order chi connectivity index (χ0) is 28.5. The number of nitrogens with two attached hydrogens (primary N) is 1. The molecule has 8 nitrogen and oxygen atoms in total. The molecule has 1 aliphatic carbocycles. The van der Waals surface area contributed by atoms with Crippen LogP contribution in [0.5, 0.6) is 0 Å². The van der Waals surface area contributed by atoms with E-state index in [0.717, 1.165) is 36.8 Å². The molecule has 0 bridgehead atoms. The number of pyridine rings is 1. The Morgan fingerprint density at radius 1 is 0.925 bits per heavy atom. The summed E-state index contributed by atoms with van der Waals surface area (Å²) in [6, 6.07) is 21.9. The van der Waals surface area contributed by atoms with Gasteiger partial charge in [-0.3, -0.25) is 14.5 Å². The highest BCUT2D eigenvalue weighted by Crippen LogP contribution is 2.38. The van der Waals surface area contributed by atoms with Crippen molar-refractivity contribution in [1.82, 2.24) is 15.2 Å². The third-order valence-electron chi connectivity index (χ3n) is 7.75. The SMILES string of the molecule is CCN(CC)C(=O)N(Cc1ccc(C2CCCCC2C(=O)NC(C(N)=O)c2ccccc2)cc1)c1ccccn1. The van der Waals surface area contributed by atoms with Gasteiger partial charge in [-0.15, -0.1) is 0 Å². The van der Waals surface area contributed by atoms with Gasteiger partial charge in [0.15, 0.2) is 0 Å². The summed E-state index contributed by atoms with van der Waals surface area (Å²) in [6.45, 7) is 5.55. The Bertz CT molecular complexity index is 1260. The first-order valence-corrected chi connectivity index (χ1v) is 14.1. The molecule has 1 heterocycles. The molecule has 0 spiro atoms. The van der Waals surface area contributed by atoms with Crippen LogP contribution >= 0.6 is 0 Å². The lowest BCUT2D eigenvalue weighted by molar-refractivity contribution is -0.131. The first-order chi connectivity index (χ1) is 19.4. The van der Waals surface area contributed by atoms with Crippen molar-refractivity contribution in [3.63, 3.8) is 0 Å². The van der Waals surface area contributed by atoms with Crippen molar-refractivity contribution in [1.29, 1.82) is 0 Å². The lowest BCUT2D eigenvalue weighted by atomic mass is 9.74. The highest BCUT2D eigenvalue weighted by Gasteiger charge is 2.34. The topological polar surface area (TPSA) is 109 Å². The second kappa shape index (κ2) is 13.7. The van der Waals surface area contributed by atoms with Crippen LogP contribution in [0.2, 0.25) is 0 Å². The second-order valence-corrected chi connectivity index (χ2v) is 10.2. The van der Waals surface area contributed by atoms with Gasteiger partial charge in [-0.25, -0.2) is 9.78 Å². The average molecular weight is 542 g/mol. The minimum atomic E-state index is -0.862. The maximum Gasteiger partial charge on any atom is 0.325 e. The molecule has 0 aliphatic heterocycles. The van der Waals surface area contributed by atoms with Crippen LogP contribution in [0.4, 0.5) is 10.6 Å². The summed E-state index contributed by atoms with van der Waals surface area (Å²) in [7, 11) is 0. The Balaban J connectivity index is 1.51. The molecule has 40 heavy (non-hydrogen) atoms. The third kappa shape index (κ3) is 6.86. The molecule has 0 radical (unpaired) electrons. The number of hydrogen-bond donors (Lipinski definition) is 2. The second-order valence-electron chi connectivity index (χ2n) is 10.2. The molecule has 3 unspecified atom stereocenters. The molecule has 0 saturated heterocycles. The minimum absolute atomic E-state index is 0.0382. The average Bonchev–Trinajstić information content (AvgIpc) is 3.00. The molecule has 3 aromatic rings. The molecule has 1 fully saturated rings. The number of nitrogens with one attached hydrogen (secondary N) is 1. The fourth-order valence-electron chi connectivity index (χ4n) is 5.53. The van der Waals surface area contributed by atoms with Gasteiger partial charge in [-0.05, 0) is 61.4 Å². The van der Waals surface area contributed by atoms with E-state index in [2.05, 4.69) is 22.4 Å². The molecule has 1 aromatic heterocycles. The largest absolute Gasteiger partial charge is 0.368 e. The maximum absolute atomic E-state index is 13.5. The zero-order valence-corrected chi connectivity index (χ0v) is 23.3. The van der Waals surface area contributed by atoms with Gasteiger partial charge in [-0.2, -0.15) is 0 Å². The molecule has 4 amide bonds. The van der Waals surface area contributed by atoms with E-state index in [0.29, 0.717) is 31.0 Å². The monoisotopic (exact) mass is 541 g/mol. The highest BCUT2D eigenvalue weighted by molar-refractivity contribution is 5.91. The molecule has 3 N–H and O–H groups in total. The molecule has 210 valence electrons. The van der Waals surface area contributed by atoms with Crippen molar-refractivity contribution in [3.8, 4) is 0 Å². The maximum atomic E-state index is 13.5. The van der Waals surface area contributed by atoms with Crippen molar-refractivity contribution in [2.75, 3.05) is 18.0 Å². The van der Waals surface area contributed by atoms with Gasteiger partial charge in [-0.1, -0.05) is 73.5 Å². The Kier molecular flexibility index (Phi) is 9.89. The van der Waals surface area contributed by atoms with E-state index in [-0.39, 0.29) is 23.8 Å². The standard InChI is InChI=1S/C32H39N5O3/c1-3-36(4-2)32(40)37(28-16-10-11-21-34-28)22-23-17-19-24(20-18-23)26-14-8-9-15-27(26)31(39)35-29(30(33)38)25-12-6-5-7-13-25/h5-7,10-13,16-21,26-27,29H,3-4,8-9,14-15,22H2,1-2H3,(H2,33,38)(H,35,39). The number of carbonyl (C=O) groups is 3. The normalized spacial score (nSPS) is 17.4. The molecule has 2 aromatic carbocycles. The van der Waals surface area contributed by atoms with E-state index in [1.54, 1.807) is 28.1 Å². The number of amides is 4. The van der Waals surface area contributed by atoms with Gasteiger partial charge in [0.05, 0.1) is 6.54 Å². The van der Waals surface area contributed by atoms with Gasteiger partial charge < -0.3 is 16.0 Å². The van der Waals surface area contributed by atoms with Crippen LogP contribution in [-0.4, -0.2) is 40.8 Å².